The maximum atomic E-state index is 13.9. The van der Waals surface area contributed by atoms with Crippen LogP contribution < -0.4 is 0 Å². The third-order valence-electron chi connectivity index (χ3n) is 6.26. The smallest absolute Gasteiger partial charge is 0.233 e. The number of fused-ring (bicyclic) bond motifs is 1. The van der Waals surface area contributed by atoms with Crippen molar-refractivity contribution in [1.29, 1.82) is 0 Å². The normalized spacial score (nSPS) is 26.9. The van der Waals surface area contributed by atoms with Gasteiger partial charge in [0.05, 0.1) is 5.41 Å². The van der Waals surface area contributed by atoms with Crippen LogP contribution in [0.4, 0.5) is 4.39 Å². The van der Waals surface area contributed by atoms with Crippen molar-refractivity contribution in [1.82, 2.24) is 9.80 Å². The second kappa shape index (κ2) is 7.04. The van der Waals surface area contributed by atoms with E-state index in [1.807, 2.05) is 11.0 Å². The molecule has 1 amide bonds. The summed E-state index contributed by atoms with van der Waals surface area (Å²) in [5.74, 6) is -0.0973. The molecule has 0 N–H and O–H groups in total. The first-order valence-electron chi connectivity index (χ1n) is 9.56. The Bertz CT molecular complexity index is 630. The van der Waals surface area contributed by atoms with E-state index in [2.05, 4.69) is 4.90 Å². The van der Waals surface area contributed by atoms with Crippen LogP contribution in [0.25, 0.3) is 0 Å². The van der Waals surface area contributed by atoms with Gasteiger partial charge in [0.15, 0.2) is 0 Å². The molecule has 3 saturated heterocycles. The number of benzene rings is 1. The lowest BCUT2D eigenvalue weighted by molar-refractivity contribution is -0.145. The molecule has 0 aliphatic carbocycles. The van der Waals surface area contributed by atoms with Gasteiger partial charge in [0.25, 0.3) is 0 Å². The van der Waals surface area contributed by atoms with Crippen molar-refractivity contribution in [2.75, 3.05) is 39.4 Å². The van der Waals surface area contributed by atoms with Gasteiger partial charge in [-0.15, -0.1) is 0 Å². The van der Waals surface area contributed by atoms with Gasteiger partial charge in [-0.2, -0.15) is 0 Å². The molecule has 25 heavy (non-hydrogen) atoms. The van der Waals surface area contributed by atoms with Crippen LogP contribution in [0.5, 0.6) is 0 Å². The maximum Gasteiger partial charge on any atom is 0.233 e. The third kappa shape index (κ3) is 3.20. The summed E-state index contributed by atoms with van der Waals surface area (Å²) in [6.45, 7) is 4.85. The number of nitrogens with zero attached hydrogens (tertiary/aromatic N) is 2. The topological polar surface area (TPSA) is 32.8 Å². The lowest BCUT2D eigenvalue weighted by atomic mass is 9.72. The van der Waals surface area contributed by atoms with Gasteiger partial charge in [-0.3, -0.25) is 9.69 Å². The first kappa shape index (κ1) is 17.0. The highest BCUT2D eigenvalue weighted by molar-refractivity contribution is 5.88. The quantitative estimate of drug-likeness (QED) is 0.825. The van der Waals surface area contributed by atoms with Crippen molar-refractivity contribution < 1.29 is 13.9 Å². The van der Waals surface area contributed by atoms with Gasteiger partial charge in [0, 0.05) is 38.9 Å². The monoisotopic (exact) mass is 346 g/mol. The molecule has 1 aromatic rings. The number of hydrogen-bond donors (Lipinski definition) is 0. The summed E-state index contributed by atoms with van der Waals surface area (Å²) < 4.78 is 19.4. The molecular weight excluding hydrogens is 319 g/mol. The second-order valence-corrected chi connectivity index (χ2v) is 7.64. The van der Waals surface area contributed by atoms with Crippen LogP contribution in [0.15, 0.2) is 24.3 Å². The van der Waals surface area contributed by atoms with Crippen molar-refractivity contribution in [3.05, 3.63) is 35.6 Å². The number of ether oxygens (including phenoxy) is 1. The summed E-state index contributed by atoms with van der Waals surface area (Å²) in [6, 6.07) is 7.11. The molecule has 0 unspecified atom stereocenters. The number of hydrogen-bond acceptors (Lipinski definition) is 3. The minimum atomic E-state index is -0.628. The molecule has 3 heterocycles. The number of carbonyl (C=O) groups excluding carboxylic acids is 1. The van der Waals surface area contributed by atoms with Gasteiger partial charge in [0.2, 0.25) is 5.91 Å². The van der Waals surface area contributed by atoms with Crippen LogP contribution in [0.2, 0.25) is 0 Å². The van der Waals surface area contributed by atoms with E-state index in [4.69, 9.17) is 4.74 Å². The molecule has 3 aliphatic rings. The zero-order chi connectivity index (χ0) is 17.3. The van der Waals surface area contributed by atoms with E-state index in [9.17, 15) is 9.18 Å². The van der Waals surface area contributed by atoms with Crippen LogP contribution in [0, 0.1) is 5.82 Å². The highest BCUT2D eigenvalue weighted by Crippen LogP contribution is 2.38. The SMILES string of the molecule is O=C(N1CCN2CCCC[C@@H]2C1)C1(c2cccc(F)c2)CCOCC1. The Morgan fingerprint density at radius 3 is 2.80 bits per heavy atom. The summed E-state index contributed by atoms with van der Waals surface area (Å²) >= 11 is 0. The molecule has 1 aromatic carbocycles. The van der Waals surface area contributed by atoms with E-state index in [-0.39, 0.29) is 11.7 Å². The van der Waals surface area contributed by atoms with E-state index in [0.29, 0.717) is 32.1 Å². The summed E-state index contributed by atoms with van der Waals surface area (Å²) in [6.07, 6.45) is 4.99. The fraction of sp³-hybridized carbons (Fsp3) is 0.650. The number of piperidine rings is 1. The highest BCUT2D eigenvalue weighted by Gasteiger charge is 2.45. The molecule has 1 atom stereocenters. The molecule has 0 bridgehead atoms. The largest absolute Gasteiger partial charge is 0.381 e. The Kier molecular flexibility index (Phi) is 4.78. The zero-order valence-corrected chi connectivity index (χ0v) is 14.8. The third-order valence-corrected chi connectivity index (χ3v) is 6.26. The molecule has 136 valence electrons. The van der Waals surface area contributed by atoms with Crippen molar-refractivity contribution in [3.8, 4) is 0 Å². The molecule has 0 radical (unpaired) electrons. The first-order valence-corrected chi connectivity index (χ1v) is 9.56. The van der Waals surface area contributed by atoms with E-state index >= 15 is 0 Å². The molecule has 0 spiro atoms. The number of carbonyl (C=O) groups is 1. The molecule has 0 aromatic heterocycles. The van der Waals surface area contributed by atoms with Crippen LogP contribution >= 0.6 is 0 Å². The lowest BCUT2D eigenvalue weighted by Crippen LogP contribution is -2.60. The predicted molar refractivity (Wildman–Crippen MR) is 93.9 cm³/mol. The van der Waals surface area contributed by atoms with Gasteiger partial charge >= 0.3 is 0 Å². The Morgan fingerprint density at radius 1 is 1.16 bits per heavy atom. The Hall–Kier alpha value is -1.46. The van der Waals surface area contributed by atoms with Crippen LogP contribution in [0.3, 0.4) is 0 Å². The molecule has 0 saturated carbocycles. The molecular formula is C20H27FN2O2. The van der Waals surface area contributed by atoms with Crippen molar-refractivity contribution in [3.63, 3.8) is 0 Å². The molecule has 3 aliphatic heterocycles. The van der Waals surface area contributed by atoms with Gasteiger partial charge < -0.3 is 9.64 Å². The molecule has 4 rings (SSSR count). The van der Waals surface area contributed by atoms with Gasteiger partial charge in [-0.05, 0) is 49.9 Å². The summed E-state index contributed by atoms with van der Waals surface area (Å²) in [5, 5.41) is 0. The summed E-state index contributed by atoms with van der Waals surface area (Å²) in [5.41, 5.74) is 0.184. The van der Waals surface area contributed by atoms with E-state index in [0.717, 1.165) is 31.7 Å². The van der Waals surface area contributed by atoms with Crippen LogP contribution in [-0.4, -0.2) is 61.1 Å². The second-order valence-electron chi connectivity index (χ2n) is 7.64. The summed E-state index contributed by atoms with van der Waals surface area (Å²) in [7, 11) is 0. The van der Waals surface area contributed by atoms with Crippen molar-refractivity contribution in [2.45, 2.75) is 43.6 Å². The number of amides is 1. The highest BCUT2D eigenvalue weighted by atomic mass is 19.1. The van der Waals surface area contributed by atoms with Gasteiger partial charge in [0.1, 0.15) is 5.82 Å². The maximum absolute atomic E-state index is 13.9. The number of rotatable bonds is 2. The standard InChI is InChI=1S/C20H27FN2O2/c21-17-5-3-4-16(14-17)20(7-12-25-13-8-20)19(24)23-11-10-22-9-2-1-6-18(22)15-23/h3-5,14,18H,1-2,6-13,15H2/t18-/m1/s1. The lowest BCUT2D eigenvalue weighted by Gasteiger charge is -2.47. The molecule has 3 fully saturated rings. The Morgan fingerprint density at radius 2 is 2.00 bits per heavy atom. The fourth-order valence-electron chi connectivity index (χ4n) is 4.78. The van der Waals surface area contributed by atoms with E-state index in [1.165, 1.54) is 25.3 Å². The Balaban J connectivity index is 1.60. The fourth-order valence-corrected chi connectivity index (χ4v) is 4.78. The van der Waals surface area contributed by atoms with Gasteiger partial charge in [-0.1, -0.05) is 18.6 Å². The molecule has 5 heteroatoms. The average Bonchev–Trinajstić information content (AvgIpc) is 2.67. The minimum Gasteiger partial charge on any atom is -0.381 e. The minimum absolute atomic E-state index is 0.173. The van der Waals surface area contributed by atoms with E-state index in [1.54, 1.807) is 12.1 Å². The first-order chi connectivity index (χ1) is 12.2. The average molecular weight is 346 g/mol. The predicted octanol–water partition coefficient (Wildman–Crippen LogP) is 2.57. The van der Waals surface area contributed by atoms with Crippen molar-refractivity contribution in [2.24, 2.45) is 0 Å². The molecule has 4 nitrogen and oxygen atoms in total. The van der Waals surface area contributed by atoms with E-state index < -0.39 is 5.41 Å². The van der Waals surface area contributed by atoms with Gasteiger partial charge in [-0.25, -0.2) is 4.39 Å². The van der Waals surface area contributed by atoms with Crippen molar-refractivity contribution >= 4 is 5.91 Å². The Labute approximate surface area is 148 Å². The number of piperazine rings is 1. The van der Waals surface area contributed by atoms with Crippen LogP contribution in [0.1, 0.15) is 37.7 Å². The summed E-state index contributed by atoms with van der Waals surface area (Å²) in [4.78, 5) is 18.2. The number of halogens is 1. The zero-order valence-electron chi connectivity index (χ0n) is 14.8. The van der Waals surface area contributed by atoms with Crippen LogP contribution in [-0.2, 0) is 14.9 Å².